The summed E-state index contributed by atoms with van der Waals surface area (Å²) in [7, 11) is 0. The lowest BCUT2D eigenvalue weighted by Crippen LogP contribution is -2.17. The topological polar surface area (TPSA) is 65.1 Å². The van der Waals surface area contributed by atoms with Gasteiger partial charge < -0.3 is 5.73 Å². The van der Waals surface area contributed by atoms with Crippen molar-refractivity contribution in [3.05, 3.63) is 63.5 Å². The first-order chi connectivity index (χ1) is 8.09. The fraction of sp³-hybridized carbons (Fsp3) is 0. The molecule has 0 radical (unpaired) electrons. The van der Waals surface area contributed by atoms with Crippen molar-refractivity contribution >= 4 is 17.5 Å². The van der Waals surface area contributed by atoms with Crippen molar-refractivity contribution in [2.24, 2.45) is 5.73 Å². The Balaban J connectivity index is 2.59. The molecule has 1 heterocycles. The molecule has 0 aliphatic rings. The number of hydrogen-bond acceptors (Lipinski definition) is 2. The number of hydrogen-bond donors (Lipinski definition) is 1. The molecule has 0 saturated heterocycles. The first kappa shape index (κ1) is 11.4. The van der Waals surface area contributed by atoms with E-state index in [1.807, 2.05) is 0 Å². The molecule has 5 heteroatoms. The summed E-state index contributed by atoms with van der Waals surface area (Å²) in [4.78, 5) is 22.6. The number of pyridine rings is 1. The summed E-state index contributed by atoms with van der Waals surface area (Å²) in [5, 5.41) is 0.301. The number of benzene rings is 1. The number of halogens is 1. The summed E-state index contributed by atoms with van der Waals surface area (Å²) in [6.45, 7) is 0. The SMILES string of the molecule is NC(=O)c1ccc(-n2ccccc2=O)c(Cl)c1. The summed E-state index contributed by atoms with van der Waals surface area (Å²) < 4.78 is 1.40. The van der Waals surface area contributed by atoms with Crippen molar-refractivity contribution in [3.8, 4) is 5.69 Å². The number of nitrogens with two attached hydrogens (primary N) is 1. The van der Waals surface area contributed by atoms with Crippen LogP contribution < -0.4 is 11.3 Å². The van der Waals surface area contributed by atoms with E-state index in [0.29, 0.717) is 16.3 Å². The summed E-state index contributed by atoms with van der Waals surface area (Å²) in [5.74, 6) is -0.557. The highest BCUT2D eigenvalue weighted by atomic mass is 35.5. The number of nitrogens with zero attached hydrogens (tertiary/aromatic N) is 1. The van der Waals surface area contributed by atoms with Crippen LogP contribution in [0.4, 0.5) is 0 Å². The minimum Gasteiger partial charge on any atom is -0.366 e. The van der Waals surface area contributed by atoms with Gasteiger partial charge in [0, 0.05) is 17.8 Å². The number of primary amides is 1. The van der Waals surface area contributed by atoms with Crippen LogP contribution in [0.1, 0.15) is 10.4 Å². The average Bonchev–Trinajstić information content (AvgIpc) is 2.30. The number of carbonyl (C=O) groups is 1. The third kappa shape index (κ3) is 2.21. The smallest absolute Gasteiger partial charge is 0.255 e. The van der Waals surface area contributed by atoms with Crippen molar-refractivity contribution in [3.63, 3.8) is 0 Å². The normalized spacial score (nSPS) is 10.2. The van der Waals surface area contributed by atoms with Crippen LogP contribution in [0, 0.1) is 0 Å². The molecule has 2 aromatic rings. The minimum absolute atomic E-state index is 0.193. The van der Waals surface area contributed by atoms with E-state index in [1.165, 1.54) is 22.8 Å². The standard InChI is InChI=1S/C12H9ClN2O2/c13-9-7-8(12(14)17)4-5-10(9)15-6-2-1-3-11(15)16/h1-7H,(H2,14,17). The van der Waals surface area contributed by atoms with Gasteiger partial charge in [-0.05, 0) is 24.3 Å². The van der Waals surface area contributed by atoms with Crippen LogP contribution in [0.2, 0.25) is 5.02 Å². The fourth-order valence-electron chi connectivity index (χ4n) is 1.48. The zero-order chi connectivity index (χ0) is 12.4. The zero-order valence-corrected chi connectivity index (χ0v) is 9.52. The number of carbonyl (C=O) groups excluding carboxylic acids is 1. The van der Waals surface area contributed by atoms with Gasteiger partial charge in [0.15, 0.2) is 0 Å². The molecule has 4 nitrogen and oxygen atoms in total. The zero-order valence-electron chi connectivity index (χ0n) is 8.76. The van der Waals surface area contributed by atoms with Crippen molar-refractivity contribution in [2.75, 3.05) is 0 Å². The average molecular weight is 249 g/mol. The lowest BCUT2D eigenvalue weighted by atomic mass is 10.2. The maximum Gasteiger partial charge on any atom is 0.255 e. The molecule has 0 atom stereocenters. The van der Waals surface area contributed by atoms with Crippen molar-refractivity contribution < 1.29 is 4.79 Å². The summed E-state index contributed by atoms with van der Waals surface area (Å²) in [6, 6.07) is 9.36. The molecule has 17 heavy (non-hydrogen) atoms. The highest BCUT2D eigenvalue weighted by Gasteiger charge is 2.07. The Hall–Kier alpha value is -2.07. The van der Waals surface area contributed by atoms with Crippen LogP contribution in [0.5, 0.6) is 0 Å². The molecule has 2 rings (SSSR count). The first-order valence-corrected chi connectivity index (χ1v) is 5.25. The van der Waals surface area contributed by atoms with E-state index in [1.54, 1.807) is 24.4 Å². The van der Waals surface area contributed by atoms with Crippen LogP contribution in [0.25, 0.3) is 5.69 Å². The Labute approximate surface area is 102 Å². The Bertz CT molecular complexity index is 634. The lowest BCUT2D eigenvalue weighted by molar-refractivity contribution is 0.100. The molecule has 0 saturated carbocycles. The molecule has 0 aliphatic carbocycles. The quantitative estimate of drug-likeness (QED) is 0.877. The molecule has 0 spiro atoms. The van der Waals surface area contributed by atoms with Crippen LogP contribution >= 0.6 is 11.6 Å². The molecular weight excluding hydrogens is 240 g/mol. The van der Waals surface area contributed by atoms with Gasteiger partial charge >= 0.3 is 0 Å². The van der Waals surface area contributed by atoms with Gasteiger partial charge in [0.2, 0.25) is 5.91 Å². The summed E-state index contributed by atoms with van der Waals surface area (Å²) >= 11 is 6.01. The monoisotopic (exact) mass is 248 g/mol. The molecule has 86 valence electrons. The van der Waals surface area contributed by atoms with Gasteiger partial charge in [0.05, 0.1) is 10.7 Å². The molecule has 1 aromatic carbocycles. The Kier molecular flexibility index (Phi) is 2.97. The van der Waals surface area contributed by atoms with Gasteiger partial charge in [-0.15, -0.1) is 0 Å². The minimum atomic E-state index is -0.557. The number of rotatable bonds is 2. The summed E-state index contributed by atoms with van der Waals surface area (Å²) in [6.07, 6.45) is 1.60. The van der Waals surface area contributed by atoms with Crippen LogP contribution in [0.15, 0.2) is 47.4 Å². The van der Waals surface area contributed by atoms with Gasteiger partial charge in [-0.3, -0.25) is 14.2 Å². The highest BCUT2D eigenvalue weighted by molar-refractivity contribution is 6.32. The van der Waals surface area contributed by atoms with Gasteiger partial charge in [-0.1, -0.05) is 17.7 Å². The maximum absolute atomic E-state index is 11.6. The van der Waals surface area contributed by atoms with E-state index in [0.717, 1.165) is 0 Å². The van der Waals surface area contributed by atoms with E-state index in [2.05, 4.69) is 0 Å². The maximum atomic E-state index is 11.6. The Morgan fingerprint density at radius 2 is 2.00 bits per heavy atom. The largest absolute Gasteiger partial charge is 0.366 e. The molecule has 0 bridgehead atoms. The predicted molar refractivity (Wildman–Crippen MR) is 65.6 cm³/mol. The van der Waals surface area contributed by atoms with E-state index >= 15 is 0 Å². The number of amides is 1. The van der Waals surface area contributed by atoms with E-state index in [-0.39, 0.29) is 5.56 Å². The van der Waals surface area contributed by atoms with Gasteiger partial charge in [0.1, 0.15) is 0 Å². The molecule has 2 N–H and O–H groups in total. The van der Waals surface area contributed by atoms with Gasteiger partial charge in [-0.2, -0.15) is 0 Å². The fourth-order valence-corrected chi connectivity index (χ4v) is 1.75. The predicted octanol–water partition coefficient (Wildman–Crippen LogP) is 1.59. The van der Waals surface area contributed by atoms with E-state index in [4.69, 9.17) is 17.3 Å². The molecular formula is C12H9ClN2O2. The van der Waals surface area contributed by atoms with Crippen LogP contribution in [-0.2, 0) is 0 Å². The van der Waals surface area contributed by atoms with Crippen molar-refractivity contribution in [1.29, 1.82) is 0 Å². The van der Waals surface area contributed by atoms with Crippen molar-refractivity contribution in [1.82, 2.24) is 4.57 Å². The lowest BCUT2D eigenvalue weighted by Gasteiger charge is -2.08. The molecule has 0 fully saturated rings. The molecule has 1 aromatic heterocycles. The summed E-state index contributed by atoms with van der Waals surface area (Å²) in [5.41, 5.74) is 5.77. The molecule has 0 aliphatic heterocycles. The van der Waals surface area contributed by atoms with Crippen LogP contribution in [-0.4, -0.2) is 10.5 Å². The van der Waals surface area contributed by atoms with Gasteiger partial charge in [-0.25, -0.2) is 0 Å². The molecule has 0 unspecified atom stereocenters. The van der Waals surface area contributed by atoms with Gasteiger partial charge in [0.25, 0.3) is 5.56 Å². The third-order valence-electron chi connectivity index (χ3n) is 2.31. The first-order valence-electron chi connectivity index (χ1n) is 4.87. The van der Waals surface area contributed by atoms with Crippen LogP contribution in [0.3, 0.4) is 0 Å². The molecule has 1 amide bonds. The highest BCUT2D eigenvalue weighted by Crippen LogP contribution is 2.20. The second-order valence-electron chi connectivity index (χ2n) is 3.44. The van der Waals surface area contributed by atoms with Crippen molar-refractivity contribution in [2.45, 2.75) is 0 Å². The number of aromatic nitrogens is 1. The second-order valence-corrected chi connectivity index (χ2v) is 3.85. The Morgan fingerprint density at radius 1 is 1.24 bits per heavy atom. The third-order valence-corrected chi connectivity index (χ3v) is 2.62. The van der Waals surface area contributed by atoms with E-state index < -0.39 is 5.91 Å². The van der Waals surface area contributed by atoms with E-state index in [9.17, 15) is 9.59 Å². The second kappa shape index (κ2) is 4.43. The Morgan fingerprint density at radius 3 is 2.59 bits per heavy atom.